The van der Waals surface area contributed by atoms with Crippen LogP contribution in [0.5, 0.6) is 0 Å². The molecule has 0 atom stereocenters. The number of rotatable bonds is 8. The topological polar surface area (TPSA) is 0 Å². The van der Waals surface area contributed by atoms with E-state index in [9.17, 15) is 0 Å². The third-order valence-electron chi connectivity index (χ3n) is 5.34. The summed E-state index contributed by atoms with van der Waals surface area (Å²) in [6, 6.07) is 19.6. The zero-order valence-electron chi connectivity index (χ0n) is 17.2. The quantitative estimate of drug-likeness (QED) is 0.199. The molecule has 148 valence electrons. The van der Waals surface area contributed by atoms with Crippen LogP contribution in [0.15, 0.2) is 54.6 Å². The molecule has 4 rings (SSSR count). The maximum Gasteiger partial charge on any atom is 0.0784 e. The van der Waals surface area contributed by atoms with Gasteiger partial charge >= 0.3 is 0 Å². The summed E-state index contributed by atoms with van der Waals surface area (Å²) < 4.78 is 2.76. The van der Waals surface area contributed by atoms with Crippen LogP contribution in [-0.2, 0) is 6.42 Å². The Morgan fingerprint density at radius 3 is 2.17 bits per heavy atom. The van der Waals surface area contributed by atoms with Crippen LogP contribution < -0.4 is 0 Å². The molecule has 0 fully saturated rings. The molecule has 2 heterocycles. The van der Waals surface area contributed by atoms with E-state index in [1.54, 1.807) is 11.3 Å². The molecule has 4 aromatic rings. The Balaban J connectivity index is 1.40. The monoisotopic (exact) mass is 416 g/mol. The van der Waals surface area contributed by atoms with Crippen molar-refractivity contribution in [1.29, 1.82) is 0 Å². The van der Waals surface area contributed by atoms with Gasteiger partial charge in [-0.25, -0.2) is 0 Å². The van der Waals surface area contributed by atoms with Crippen LogP contribution in [0.1, 0.15) is 67.2 Å². The van der Waals surface area contributed by atoms with Gasteiger partial charge in [0.05, 0.1) is 4.88 Å². The molecule has 0 saturated heterocycles. The van der Waals surface area contributed by atoms with Crippen LogP contribution in [0, 0.1) is 11.8 Å². The van der Waals surface area contributed by atoms with Crippen molar-refractivity contribution in [2.75, 3.05) is 0 Å². The number of hydrogen-bond donors (Lipinski definition) is 0. The minimum Gasteiger partial charge on any atom is -0.140 e. The summed E-state index contributed by atoms with van der Waals surface area (Å²) in [4.78, 5) is 2.68. The van der Waals surface area contributed by atoms with Crippen molar-refractivity contribution in [2.45, 2.75) is 58.3 Å². The molecule has 0 saturated carbocycles. The van der Waals surface area contributed by atoms with E-state index in [1.165, 1.54) is 76.4 Å². The second-order valence-corrected chi connectivity index (χ2v) is 9.99. The van der Waals surface area contributed by atoms with Gasteiger partial charge in [0.1, 0.15) is 0 Å². The summed E-state index contributed by atoms with van der Waals surface area (Å²) >= 11 is 3.77. The van der Waals surface area contributed by atoms with Gasteiger partial charge in [0, 0.05) is 19.8 Å². The molecule has 0 N–H and O–H groups in total. The Labute approximate surface area is 182 Å². The summed E-state index contributed by atoms with van der Waals surface area (Å²) in [5.74, 6) is 6.61. The number of fused-ring (bicyclic) bond motifs is 2. The van der Waals surface area contributed by atoms with E-state index in [4.69, 9.17) is 0 Å². The van der Waals surface area contributed by atoms with Gasteiger partial charge in [0.15, 0.2) is 0 Å². The minimum atomic E-state index is 1.07. The Bertz CT molecular complexity index is 1070. The Morgan fingerprint density at radius 1 is 0.690 bits per heavy atom. The van der Waals surface area contributed by atoms with E-state index >= 15 is 0 Å². The summed E-state index contributed by atoms with van der Waals surface area (Å²) in [6.45, 7) is 2.28. The van der Waals surface area contributed by atoms with Gasteiger partial charge in [-0.3, -0.25) is 0 Å². The van der Waals surface area contributed by atoms with Gasteiger partial charge in [0.25, 0.3) is 0 Å². The molecule has 0 aliphatic carbocycles. The first-order chi connectivity index (χ1) is 14.3. The Morgan fingerprint density at radius 2 is 1.38 bits per heavy atom. The molecule has 0 spiro atoms. The first-order valence-electron chi connectivity index (χ1n) is 10.8. The maximum absolute atomic E-state index is 3.33. The highest BCUT2D eigenvalue weighted by molar-refractivity contribution is 7.21. The molecule has 0 aliphatic heterocycles. The standard InChI is InChI=1S/C27H28S2/c1-2-3-4-5-6-7-11-14-24-17-22-19-27-23(20-26(22)28-24)18-25(29-27)16-15-21-12-9-8-10-13-21/h8-10,12-13,17-20H,2-7,11,14H2,1H3. The van der Waals surface area contributed by atoms with Crippen LogP contribution in [0.2, 0.25) is 0 Å². The molecule has 29 heavy (non-hydrogen) atoms. The number of aryl methyl sites for hydroxylation is 1. The SMILES string of the molecule is CCCCCCCCCc1cc2cc3sc(C#Cc4ccccc4)cc3cc2s1. The highest BCUT2D eigenvalue weighted by Gasteiger charge is 2.07. The number of unbranched alkanes of at least 4 members (excludes halogenated alkanes) is 6. The van der Waals surface area contributed by atoms with E-state index < -0.39 is 0 Å². The molecule has 2 aromatic heterocycles. The lowest BCUT2D eigenvalue weighted by Gasteiger charge is -1.99. The number of benzene rings is 2. The average molecular weight is 417 g/mol. The van der Waals surface area contributed by atoms with Crippen molar-refractivity contribution in [1.82, 2.24) is 0 Å². The van der Waals surface area contributed by atoms with Gasteiger partial charge in [-0.1, -0.05) is 75.5 Å². The molecule has 0 nitrogen and oxygen atoms in total. The number of hydrogen-bond acceptors (Lipinski definition) is 2. The minimum absolute atomic E-state index is 1.07. The second-order valence-electron chi connectivity index (χ2n) is 7.74. The van der Waals surface area contributed by atoms with Crippen molar-refractivity contribution in [3.05, 3.63) is 69.9 Å². The maximum atomic E-state index is 3.33. The normalized spacial score (nSPS) is 11.1. The van der Waals surface area contributed by atoms with Crippen molar-refractivity contribution in [3.8, 4) is 11.8 Å². The fraction of sp³-hybridized carbons (Fsp3) is 0.333. The molecule has 2 heteroatoms. The number of thiophene rings is 2. The molecule has 0 radical (unpaired) electrons. The van der Waals surface area contributed by atoms with Gasteiger partial charge < -0.3 is 0 Å². The predicted octanol–water partition coefficient (Wildman–Crippen LogP) is 8.81. The van der Waals surface area contributed by atoms with E-state index in [1.807, 2.05) is 29.5 Å². The van der Waals surface area contributed by atoms with E-state index in [0.717, 1.165) is 10.4 Å². The zero-order chi connectivity index (χ0) is 19.9. The second kappa shape index (κ2) is 10.1. The molecular weight excluding hydrogens is 388 g/mol. The third kappa shape index (κ3) is 5.50. The third-order valence-corrected chi connectivity index (χ3v) is 7.51. The van der Waals surface area contributed by atoms with Crippen molar-refractivity contribution >= 4 is 42.8 Å². The lowest BCUT2D eigenvalue weighted by atomic mass is 10.1. The summed E-state index contributed by atoms with van der Waals surface area (Å²) in [6.07, 6.45) is 10.9. The van der Waals surface area contributed by atoms with Crippen LogP contribution in [0.3, 0.4) is 0 Å². The van der Waals surface area contributed by atoms with Crippen LogP contribution in [-0.4, -0.2) is 0 Å². The molecule has 0 aliphatic rings. The fourth-order valence-corrected chi connectivity index (χ4v) is 5.81. The first kappa shape index (κ1) is 20.2. The largest absolute Gasteiger partial charge is 0.140 e. The Hall–Kier alpha value is -2.08. The van der Waals surface area contributed by atoms with Crippen LogP contribution >= 0.6 is 22.7 Å². The molecule has 0 amide bonds. The lowest BCUT2D eigenvalue weighted by molar-refractivity contribution is 0.590. The van der Waals surface area contributed by atoms with Gasteiger partial charge in [0.2, 0.25) is 0 Å². The average Bonchev–Trinajstić information content (AvgIpc) is 3.32. The van der Waals surface area contributed by atoms with E-state index in [2.05, 4.69) is 55.2 Å². The highest BCUT2D eigenvalue weighted by atomic mass is 32.1. The Kier molecular flexibility index (Phi) is 7.04. The zero-order valence-corrected chi connectivity index (χ0v) is 18.8. The van der Waals surface area contributed by atoms with Crippen molar-refractivity contribution in [3.63, 3.8) is 0 Å². The fourth-order valence-electron chi connectivity index (χ4n) is 3.72. The van der Waals surface area contributed by atoms with E-state index in [0.29, 0.717) is 0 Å². The van der Waals surface area contributed by atoms with Gasteiger partial charge in [-0.2, -0.15) is 0 Å². The summed E-state index contributed by atoms with van der Waals surface area (Å²) in [7, 11) is 0. The molecule has 2 aromatic carbocycles. The summed E-state index contributed by atoms with van der Waals surface area (Å²) in [5, 5.41) is 2.72. The van der Waals surface area contributed by atoms with Crippen molar-refractivity contribution < 1.29 is 0 Å². The van der Waals surface area contributed by atoms with Crippen LogP contribution in [0.25, 0.3) is 20.2 Å². The first-order valence-corrected chi connectivity index (χ1v) is 12.5. The van der Waals surface area contributed by atoms with Gasteiger partial charge in [-0.05, 0) is 60.0 Å². The lowest BCUT2D eigenvalue weighted by Crippen LogP contribution is -1.82. The molecule has 0 bridgehead atoms. The predicted molar refractivity (Wildman–Crippen MR) is 131 cm³/mol. The van der Waals surface area contributed by atoms with E-state index in [-0.39, 0.29) is 0 Å². The summed E-state index contributed by atoms with van der Waals surface area (Å²) in [5.41, 5.74) is 1.07. The van der Waals surface area contributed by atoms with Gasteiger partial charge in [-0.15, -0.1) is 22.7 Å². The smallest absolute Gasteiger partial charge is 0.0784 e. The van der Waals surface area contributed by atoms with Crippen LogP contribution in [0.4, 0.5) is 0 Å². The highest BCUT2D eigenvalue weighted by Crippen LogP contribution is 2.34. The molecular formula is C27H28S2. The van der Waals surface area contributed by atoms with Crippen molar-refractivity contribution in [2.24, 2.45) is 0 Å². The molecule has 0 unspecified atom stereocenters.